The number of hydrogen-bond donors (Lipinski definition) is 2. The van der Waals surface area contributed by atoms with Gasteiger partial charge in [-0.2, -0.15) is 0 Å². The Labute approximate surface area is 151 Å². The minimum atomic E-state index is -0.124. The molecule has 1 amide bonds. The minimum Gasteiger partial charge on any atom is -0.495 e. The number of halogens is 1. The van der Waals surface area contributed by atoms with E-state index in [9.17, 15) is 4.79 Å². The summed E-state index contributed by atoms with van der Waals surface area (Å²) >= 11 is 5.97. The fourth-order valence-corrected chi connectivity index (χ4v) is 2.72. The zero-order valence-electron chi connectivity index (χ0n) is 13.8. The third kappa shape index (κ3) is 4.19. The third-order valence-electron chi connectivity index (χ3n) is 3.74. The van der Waals surface area contributed by atoms with E-state index in [1.54, 1.807) is 31.5 Å². The van der Waals surface area contributed by atoms with Gasteiger partial charge in [-0.1, -0.05) is 29.8 Å². The Morgan fingerprint density at radius 2 is 2.00 bits per heavy atom. The van der Waals surface area contributed by atoms with Crippen LogP contribution >= 0.6 is 11.6 Å². The fourth-order valence-electron chi connectivity index (χ4n) is 2.55. The van der Waals surface area contributed by atoms with Crippen molar-refractivity contribution in [2.75, 3.05) is 24.3 Å². The Kier molecular flexibility index (Phi) is 5.36. The highest BCUT2D eigenvalue weighted by Crippen LogP contribution is 2.27. The molecule has 0 saturated heterocycles. The molecule has 3 aromatic rings. The standard InChI is InChI=1S/C19H18ClN3O2/c1-25-17-8-7-14(20)12-16(17)23-18(24)9-11-21-15-6-2-4-13-5-3-10-22-19(13)15/h2-8,10,12,21H,9,11H2,1H3,(H,23,24). The largest absolute Gasteiger partial charge is 0.495 e. The van der Waals surface area contributed by atoms with Crippen LogP contribution in [0.15, 0.2) is 54.7 Å². The van der Waals surface area contributed by atoms with E-state index in [0.717, 1.165) is 16.6 Å². The second kappa shape index (κ2) is 7.85. The van der Waals surface area contributed by atoms with Gasteiger partial charge in [0, 0.05) is 29.6 Å². The number of nitrogens with one attached hydrogen (secondary N) is 2. The smallest absolute Gasteiger partial charge is 0.226 e. The zero-order valence-corrected chi connectivity index (χ0v) is 14.5. The van der Waals surface area contributed by atoms with Crippen molar-refractivity contribution in [3.05, 3.63) is 59.8 Å². The van der Waals surface area contributed by atoms with Crippen molar-refractivity contribution >= 4 is 39.8 Å². The van der Waals surface area contributed by atoms with Gasteiger partial charge in [-0.05, 0) is 30.3 Å². The fraction of sp³-hybridized carbons (Fsp3) is 0.158. The van der Waals surface area contributed by atoms with Crippen molar-refractivity contribution in [3.8, 4) is 5.75 Å². The number of para-hydroxylation sites is 1. The number of nitrogens with zero attached hydrogens (tertiary/aromatic N) is 1. The van der Waals surface area contributed by atoms with Crippen molar-refractivity contribution in [3.63, 3.8) is 0 Å². The molecule has 1 aromatic heterocycles. The summed E-state index contributed by atoms with van der Waals surface area (Å²) in [6, 6.07) is 14.9. The molecule has 1 heterocycles. The highest BCUT2D eigenvalue weighted by molar-refractivity contribution is 6.31. The number of fused-ring (bicyclic) bond motifs is 1. The van der Waals surface area contributed by atoms with Gasteiger partial charge in [0.05, 0.1) is 24.0 Å². The van der Waals surface area contributed by atoms with Gasteiger partial charge in [-0.25, -0.2) is 0 Å². The molecule has 3 rings (SSSR count). The zero-order chi connectivity index (χ0) is 17.6. The molecule has 2 N–H and O–H groups in total. The molecular weight excluding hydrogens is 338 g/mol. The molecule has 2 aromatic carbocycles. The van der Waals surface area contributed by atoms with Gasteiger partial charge in [0.2, 0.25) is 5.91 Å². The molecule has 128 valence electrons. The van der Waals surface area contributed by atoms with Crippen molar-refractivity contribution < 1.29 is 9.53 Å². The molecule has 0 atom stereocenters. The lowest BCUT2D eigenvalue weighted by atomic mass is 10.2. The summed E-state index contributed by atoms with van der Waals surface area (Å²) in [6.07, 6.45) is 2.06. The van der Waals surface area contributed by atoms with E-state index in [2.05, 4.69) is 15.6 Å². The summed E-state index contributed by atoms with van der Waals surface area (Å²) in [5, 5.41) is 7.68. The van der Waals surface area contributed by atoms with Crippen molar-refractivity contribution in [2.45, 2.75) is 6.42 Å². The van der Waals surface area contributed by atoms with Gasteiger partial charge in [0.15, 0.2) is 0 Å². The van der Waals surface area contributed by atoms with Crippen molar-refractivity contribution in [1.82, 2.24) is 4.98 Å². The highest BCUT2D eigenvalue weighted by atomic mass is 35.5. The number of amides is 1. The second-order valence-corrected chi connectivity index (χ2v) is 5.89. The molecule has 0 radical (unpaired) electrons. The van der Waals surface area contributed by atoms with Crippen LogP contribution < -0.4 is 15.4 Å². The van der Waals surface area contributed by atoms with Crippen LogP contribution in [0, 0.1) is 0 Å². The second-order valence-electron chi connectivity index (χ2n) is 5.45. The van der Waals surface area contributed by atoms with E-state index >= 15 is 0 Å². The van der Waals surface area contributed by atoms with E-state index in [4.69, 9.17) is 16.3 Å². The number of rotatable bonds is 6. The van der Waals surface area contributed by atoms with Crippen molar-refractivity contribution in [2.24, 2.45) is 0 Å². The van der Waals surface area contributed by atoms with E-state index in [-0.39, 0.29) is 5.91 Å². The number of benzene rings is 2. The van der Waals surface area contributed by atoms with Gasteiger partial charge >= 0.3 is 0 Å². The maximum atomic E-state index is 12.2. The Morgan fingerprint density at radius 1 is 1.16 bits per heavy atom. The number of methoxy groups -OCH3 is 1. The lowest BCUT2D eigenvalue weighted by Gasteiger charge is -2.12. The van der Waals surface area contributed by atoms with Crippen LogP contribution in [0.5, 0.6) is 5.75 Å². The van der Waals surface area contributed by atoms with E-state index in [0.29, 0.717) is 29.4 Å². The van der Waals surface area contributed by atoms with Gasteiger partial charge in [-0.15, -0.1) is 0 Å². The summed E-state index contributed by atoms with van der Waals surface area (Å²) in [5.74, 6) is 0.449. The summed E-state index contributed by atoms with van der Waals surface area (Å²) in [6.45, 7) is 0.490. The molecule has 0 saturated carbocycles. The Bertz CT molecular complexity index is 893. The molecule has 0 fully saturated rings. The maximum absolute atomic E-state index is 12.2. The van der Waals surface area contributed by atoms with Gasteiger partial charge in [0.1, 0.15) is 5.75 Å². The molecule has 0 spiro atoms. The molecule has 0 aliphatic carbocycles. The van der Waals surface area contributed by atoms with Crippen LogP contribution in [0.1, 0.15) is 6.42 Å². The van der Waals surface area contributed by atoms with Crippen molar-refractivity contribution in [1.29, 1.82) is 0 Å². The number of anilines is 2. The van der Waals surface area contributed by atoms with Gasteiger partial charge in [-0.3, -0.25) is 9.78 Å². The molecule has 25 heavy (non-hydrogen) atoms. The topological polar surface area (TPSA) is 63.2 Å². The lowest BCUT2D eigenvalue weighted by Crippen LogP contribution is -2.16. The first kappa shape index (κ1) is 17.0. The Balaban J connectivity index is 1.60. The van der Waals surface area contributed by atoms with Crippen LogP contribution in [0.25, 0.3) is 10.9 Å². The number of ether oxygens (including phenoxy) is 1. The van der Waals surface area contributed by atoms with E-state index in [1.807, 2.05) is 30.3 Å². The Morgan fingerprint density at radius 3 is 2.84 bits per heavy atom. The monoisotopic (exact) mass is 355 g/mol. The van der Waals surface area contributed by atoms with E-state index < -0.39 is 0 Å². The SMILES string of the molecule is COc1ccc(Cl)cc1NC(=O)CCNc1cccc2cccnc12. The summed E-state index contributed by atoms with van der Waals surface area (Å²) in [4.78, 5) is 16.6. The summed E-state index contributed by atoms with van der Waals surface area (Å²) in [5.41, 5.74) is 2.36. The predicted molar refractivity (Wildman–Crippen MR) is 101 cm³/mol. The molecule has 0 unspecified atom stereocenters. The average molecular weight is 356 g/mol. The van der Waals surface area contributed by atoms with Gasteiger partial charge < -0.3 is 15.4 Å². The first-order valence-corrected chi connectivity index (χ1v) is 8.26. The average Bonchev–Trinajstić information content (AvgIpc) is 2.62. The molecule has 0 aliphatic heterocycles. The molecule has 0 bridgehead atoms. The normalized spacial score (nSPS) is 10.5. The number of carbonyl (C=O) groups is 1. The molecule has 5 nitrogen and oxygen atoms in total. The predicted octanol–water partition coefficient (Wildman–Crippen LogP) is 4.34. The Hall–Kier alpha value is -2.79. The van der Waals surface area contributed by atoms with Crippen LogP contribution in [0.2, 0.25) is 5.02 Å². The first-order valence-electron chi connectivity index (χ1n) is 7.88. The van der Waals surface area contributed by atoms with Crippen LogP contribution in [-0.4, -0.2) is 24.5 Å². The van der Waals surface area contributed by atoms with Crippen LogP contribution in [-0.2, 0) is 4.79 Å². The third-order valence-corrected chi connectivity index (χ3v) is 3.97. The number of aromatic nitrogens is 1. The number of hydrogen-bond acceptors (Lipinski definition) is 4. The van der Waals surface area contributed by atoms with Gasteiger partial charge in [0.25, 0.3) is 0 Å². The summed E-state index contributed by atoms with van der Waals surface area (Å²) in [7, 11) is 1.55. The lowest BCUT2D eigenvalue weighted by molar-refractivity contribution is -0.116. The molecular formula is C19H18ClN3O2. The number of carbonyl (C=O) groups excluding carboxylic acids is 1. The minimum absolute atomic E-state index is 0.124. The van der Waals surface area contributed by atoms with Crippen LogP contribution in [0.4, 0.5) is 11.4 Å². The summed E-state index contributed by atoms with van der Waals surface area (Å²) < 4.78 is 5.23. The van der Waals surface area contributed by atoms with Crippen LogP contribution in [0.3, 0.4) is 0 Å². The molecule has 0 aliphatic rings. The molecule has 6 heteroatoms. The first-order chi connectivity index (χ1) is 12.2. The number of pyridine rings is 1. The van der Waals surface area contributed by atoms with E-state index in [1.165, 1.54) is 0 Å². The maximum Gasteiger partial charge on any atom is 0.226 e. The quantitative estimate of drug-likeness (QED) is 0.690. The highest BCUT2D eigenvalue weighted by Gasteiger charge is 2.09.